The number of amides is 2. The number of anilines is 1. The average molecular weight is 1190 g/mol. The van der Waals surface area contributed by atoms with Crippen molar-refractivity contribution in [2.24, 2.45) is 5.92 Å². The van der Waals surface area contributed by atoms with Crippen molar-refractivity contribution in [1.29, 1.82) is 0 Å². The van der Waals surface area contributed by atoms with Gasteiger partial charge < -0.3 is 68.8 Å². The molecule has 1 saturated heterocycles. The topological polar surface area (TPSA) is 318 Å². The Morgan fingerprint density at radius 3 is 2.45 bits per heavy atom. The van der Waals surface area contributed by atoms with Crippen molar-refractivity contribution < 1.29 is 82.0 Å². The van der Waals surface area contributed by atoms with Crippen molar-refractivity contribution >= 4 is 85.1 Å². The zero-order valence-corrected chi connectivity index (χ0v) is 48.4. The standard InChI is InChI=1S/C59H64N6O17S2/c1-30-24-33(26-37(47(30)68)62-57(74)82-58(2,3)4)79-39-28-59(75,27-36-43(39)51(72)45-44(49(36)70)48(69)34-12-7-14-38(76-5)42(34)50(45)71)40(66)29-78-41(67)15-9-22-83-84-23-17-61-56(73)80-32-11-6-10-31(25-32)53-63-46-35-13-8-16-60-55(35)81-52(46)54(64-53)65-18-20-77-21-19-65/h6-8,10-14,16,25,30,33,37,39,47,68,70,72,75H,9,15,17-24,26-29H2,1-5H3,(H,61,73)(H,62,74)/t30-,33?,37+,39?,47-,59+/m1/s1. The minimum absolute atomic E-state index is 0.0105. The second-order valence-electron chi connectivity index (χ2n) is 22.0. The molecular formula is C59H64N6O17S2. The van der Waals surface area contributed by atoms with Crippen LogP contribution in [0, 0.1) is 5.92 Å². The number of aromatic hydroxyl groups is 2. The van der Waals surface area contributed by atoms with Crippen molar-refractivity contribution in [2.45, 2.75) is 102 Å². The summed E-state index contributed by atoms with van der Waals surface area (Å²) in [5, 5.41) is 53.7. The molecule has 6 N–H and O–H groups in total. The summed E-state index contributed by atoms with van der Waals surface area (Å²) in [5.41, 5.74) is -2.70. The van der Waals surface area contributed by atoms with Crippen LogP contribution in [0.5, 0.6) is 23.0 Å². The van der Waals surface area contributed by atoms with Crippen LogP contribution in [0.1, 0.15) is 109 Å². The van der Waals surface area contributed by atoms with Crippen LogP contribution in [-0.2, 0) is 35.0 Å². The molecule has 10 rings (SSSR count). The van der Waals surface area contributed by atoms with Crippen molar-refractivity contribution in [1.82, 2.24) is 25.6 Å². The molecule has 2 unspecified atom stereocenters. The lowest BCUT2D eigenvalue weighted by atomic mass is 9.71. The summed E-state index contributed by atoms with van der Waals surface area (Å²) in [7, 11) is 4.23. The third kappa shape index (κ3) is 12.6. The smallest absolute Gasteiger partial charge is 0.412 e. The Morgan fingerprint density at radius 2 is 1.68 bits per heavy atom. The summed E-state index contributed by atoms with van der Waals surface area (Å²) in [6, 6.07) is 14.1. The van der Waals surface area contributed by atoms with E-state index in [1.807, 2.05) is 18.2 Å². The molecule has 1 saturated carbocycles. The van der Waals surface area contributed by atoms with Crippen molar-refractivity contribution in [2.75, 3.05) is 63.0 Å². The van der Waals surface area contributed by atoms with E-state index >= 15 is 0 Å². The number of benzene rings is 3. The number of carbonyl (C=O) groups is 6. The SMILES string of the molecule is COc1cccc2c1C(=O)c1c(O)c3c(c(O)c1C2=O)C[C@@](O)(C(=O)COC(=O)CCCSSCCNC(=O)Oc1cccc(-c2nc(N4CCOCC4)c4oc5ncccc5c4n2)c1)CC3OC1C[C@@H](C)[C@@H](O)[C@@H](NC(=O)OC(C)(C)C)C1. The predicted octanol–water partition coefficient (Wildman–Crippen LogP) is 7.32. The fourth-order valence-electron chi connectivity index (χ4n) is 11.0. The normalized spacial score (nSPS) is 21.3. The van der Waals surface area contributed by atoms with Gasteiger partial charge in [-0.05, 0) is 76.3 Å². The van der Waals surface area contributed by atoms with E-state index in [1.54, 1.807) is 52.1 Å². The van der Waals surface area contributed by atoms with Gasteiger partial charge in [-0.1, -0.05) is 52.8 Å². The van der Waals surface area contributed by atoms with Gasteiger partial charge in [0.1, 0.15) is 39.7 Å². The third-order valence-electron chi connectivity index (χ3n) is 15.0. The first-order valence-electron chi connectivity index (χ1n) is 27.5. The lowest BCUT2D eigenvalue weighted by Crippen LogP contribution is -2.53. The molecule has 444 valence electrons. The minimum atomic E-state index is -2.41. The van der Waals surface area contributed by atoms with E-state index in [1.165, 1.54) is 46.9 Å². The number of hydrogen-bond acceptors (Lipinski definition) is 23. The number of carbonyl (C=O) groups excluding carboxylic acids is 6. The number of ketones is 3. The lowest BCUT2D eigenvalue weighted by Gasteiger charge is -2.43. The van der Waals surface area contributed by atoms with Crippen LogP contribution < -0.4 is 25.0 Å². The number of esters is 1. The molecule has 2 fully saturated rings. The van der Waals surface area contributed by atoms with Crippen molar-refractivity contribution in [3.8, 4) is 34.4 Å². The molecule has 3 aromatic heterocycles. The van der Waals surface area contributed by atoms with Gasteiger partial charge in [-0.15, -0.1) is 0 Å². The van der Waals surface area contributed by atoms with E-state index < -0.39 is 119 Å². The van der Waals surface area contributed by atoms with Gasteiger partial charge in [0.15, 0.2) is 29.6 Å². The van der Waals surface area contributed by atoms with Crippen LogP contribution in [-0.4, -0.2) is 158 Å². The highest BCUT2D eigenvalue weighted by molar-refractivity contribution is 8.76. The largest absolute Gasteiger partial charge is 0.507 e. The van der Waals surface area contributed by atoms with Gasteiger partial charge >= 0.3 is 18.2 Å². The highest BCUT2D eigenvalue weighted by Crippen LogP contribution is 2.53. The van der Waals surface area contributed by atoms with E-state index in [4.69, 9.17) is 42.8 Å². The molecule has 6 atom stereocenters. The number of methoxy groups -OCH3 is 1. The van der Waals surface area contributed by atoms with Gasteiger partial charge in [0.25, 0.3) is 0 Å². The summed E-state index contributed by atoms with van der Waals surface area (Å²) in [6.45, 7) is 8.52. The molecule has 6 aromatic rings. The third-order valence-corrected chi connectivity index (χ3v) is 17.5. The Hall–Kier alpha value is -7.55. The number of pyridine rings is 1. The number of morpholine rings is 1. The zero-order chi connectivity index (χ0) is 59.6. The number of alkyl carbamates (subject to hydrolysis) is 1. The number of nitrogens with zero attached hydrogens (tertiary/aromatic N) is 4. The molecular weight excluding hydrogens is 1130 g/mol. The number of furan rings is 1. The number of phenols is 2. The van der Waals surface area contributed by atoms with Crippen LogP contribution in [0.4, 0.5) is 15.4 Å². The van der Waals surface area contributed by atoms with Crippen LogP contribution in [0.15, 0.2) is 65.2 Å². The summed E-state index contributed by atoms with van der Waals surface area (Å²) in [5.74, 6) is -2.86. The Kier molecular flexibility index (Phi) is 17.7. The average Bonchev–Trinajstić information content (AvgIpc) is 0.927. The van der Waals surface area contributed by atoms with E-state index in [0.717, 1.165) is 5.39 Å². The number of ether oxygens (including phenoxy) is 6. The predicted molar refractivity (Wildman–Crippen MR) is 308 cm³/mol. The first-order valence-corrected chi connectivity index (χ1v) is 30.0. The number of nitrogens with one attached hydrogen (secondary N) is 2. The van der Waals surface area contributed by atoms with Gasteiger partial charge in [0.2, 0.25) is 17.3 Å². The van der Waals surface area contributed by atoms with Crippen LogP contribution in [0.25, 0.3) is 33.6 Å². The van der Waals surface area contributed by atoms with Crippen LogP contribution in [0.2, 0.25) is 0 Å². The maximum atomic E-state index is 14.2. The van der Waals surface area contributed by atoms with Gasteiger partial charge in [-0.3, -0.25) is 19.2 Å². The van der Waals surface area contributed by atoms with Gasteiger partial charge in [-0.2, -0.15) is 0 Å². The molecule has 4 aliphatic rings. The Labute approximate surface area is 489 Å². The molecule has 3 aliphatic carbocycles. The second kappa shape index (κ2) is 25.0. The van der Waals surface area contributed by atoms with Gasteiger partial charge in [0, 0.05) is 78.9 Å². The molecule has 0 spiro atoms. The summed E-state index contributed by atoms with van der Waals surface area (Å²) in [4.78, 5) is 97.4. The highest BCUT2D eigenvalue weighted by atomic mass is 33.1. The van der Waals surface area contributed by atoms with E-state index in [9.17, 15) is 49.2 Å². The maximum Gasteiger partial charge on any atom is 0.412 e. The molecule has 0 radical (unpaired) electrons. The van der Waals surface area contributed by atoms with E-state index in [2.05, 4.69) is 20.5 Å². The summed E-state index contributed by atoms with van der Waals surface area (Å²) >= 11 is 0. The van der Waals surface area contributed by atoms with E-state index in [-0.39, 0.29) is 59.6 Å². The quantitative estimate of drug-likeness (QED) is 0.0212. The maximum absolute atomic E-state index is 14.2. The minimum Gasteiger partial charge on any atom is -0.507 e. The number of aromatic nitrogens is 3. The molecule has 0 bridgehead atoms. The van der Waals surface area contributed by atoms with Crippen LogP contribution in [0.3, 0.4) is 0 Å². The highest BCUT2D eigenvalue weighted by Gasteiger charge is 2.51. The second-order valence-corrected chi connectivity index (χ2v) is 24.7. The Bertz CT molecular complexity index is 3550. The number of rotatable bonds is 18. The lowest BCUT2D eigenvalue weighted by molar-refractivity contribution is -0.160. The monoisotopic (exact) mass is 1190 g/mol. The molecule has 1 aliphatic heterocycles. The number of hydrogen-bond donors (Lipinski definition) is 6. The van der Waals surface area contributed by atoms with Crippen molar-refractivity contribution in [3.63, 3.8) is 0 Å². The molecule has 2 amide bonds. The molecule has 4 heterocycles. The van der Waals surface area contributed by atoms with Gasteiger partial charge in [-0.25, -0.2) is 24.5 Å². The molecule has 23 nitrogen and oxygen atoms in total. The molecule has 84 heavy (non-hydrogen) atoms. The van der Waals surface area contributed by atoms with Gasteiger partial charge in [0.05, 0.1) is 66.8 Å². The molecule has 25 heteroatoms. The Morgan fingerprint density at radius 1 is 0.917 bits per heavy atom. The number of phenolic OH excluding ortho intramolecular Hbond substituents is 2. The number of aliphatic hydroxyl groups is 2. The summed E-state index contributed by atoms with van der Waals surface area (Å²) in [6.07, 6.45) is -3.77. The number of aliphatic hydroxyl groups excluding tert-OH is 1. The fraction of sp³-hybridized carbons (Fsp3) is 0.441. The zero-order valence-electron chi connectivity index (χ0n) is 46.8. The number of fused-ring (bicyclic) bond motifs is 6. The van der Waals surface area contributed by atoms with Crippen molar-refractivity contribution in [3.05, 3.63) is 94.2 Å². The van der Waals surface area contributed by atoms with Crippen LogP contribution >= 0.6 is 21.6 Å². The van der Waals surface area contributed by atoms with E-state index in [0.29, 0.717) is 78.2 Å². The molecule has 3 aromatic carbocycles. The Balaban J connectivity index is 0.729. The first-order chi connectivity index (χ1) is 40.2. The fourth-order valence-corrected chi connectivity index (χ4v) is 13.0. The number of Topliss-reactive ketones (excluding diaryl/α,β-unsaturated/α-hetero) is 1. The first kappa shape index (κ1) is 59.6. The summed E-state index contributed by atoms with van der Waals surface area (Å²) < 4.78 is 40.1.